The first kappa shape index (κ1) is 23.6. The number of carbonyl (C=O) groups is 2. The average molecular weight is 492 g/mol. The van der Waals surface area contributed by atoms with Crippen molar-refractivity contribution in [1.82, 2.24) is 5.43 Å². The molecule has 9 heteroatoms. The third-order valence-corrected chi connectivity index (χ3v) is 5.10. The van der Waals surface area contributed by atoms with E-state index in [1.165, 1.54) is 24.4 Å². The second-order valence-corrected chi connectivity index (χ2v) is 7.61. The van der Waals surface area contributed by atoms with E-state index >= 15 is 0 Å². The molecule has 0 aromatic heterocycles. The van der Waals surface area contributed by atoms with Crippen molar-refractivity contribution in [2.24, 2.45) is 5.10 Å². The largest absolute Gasteiger partial charge is 0.490 e. The average Bonchev–Trinajstić information content (AvgIpc) is 2.77. The van der Waals surface area contributed by atoms with Crippen LogP contribution in [-0.4, -0.2) is 24.7 Å². The number of esters is 1. The van der Waals surface area contributed by atoms with Crippen molar-refractivity contribution in [1.29, 1.82) is 0 Å². The predicted octanol–water partition coefficient (Wildman–Crippen LogP) is 6.03. The maximum absolute atomic E-state index is 12.4. The second kappa shape index (κ2) is 11.0. The lowest BCUT2D eigenvalue weighted by molar-refractivity contribution is 0.0728. The molecule has 0 aliphatic heterocycles. The summed E-state index contributed by atoms with van der Waals surface area (Å²) in [7, 11) is 0. The molecule has 1 amide bonds. The van der Waals surface area contributed by atoms with Crippen LogP contribution in [0, 0.1) is 0 Å². The van der Waals surface area contributed by atoms with Gasteiger partial charge in [-0.05, 0) is 73.2 Å². The van der Waals surface area contributed by atoms with Gasteiger partial charge in [-0.15, -0.1) is 0 Å². The highest BCUT2D eigenvalue weighted by molar-refractivity contribution is 6.42. The zero-order valence-electron chi connectivity index (χ0n) is 16.8. The summed E-state index contributed by atoms with van der Waals surface area (Å²) in [5.41, 5.74) is 3.70. The number of ether oxygens (including phenoxy) is 2. The van der Waals surface area contributed by atoms with E-state index in [0.29, 0.717) is 39.1 Å². The number of nitrogens with one attached hydrogen (secondary N) is 1. The van der Waals surface area contributed by atoms with E-state index < -0.39 is 11.9 Å². The van der Waals surface area contributed by atoms with E-state index in [1.807, 2.05) is 6.92 Å². The Kier molecular flexibility index (Phi) is 8.11. The van der Waals surface area contributed by atoms with E-state index in [2.05, 4.69) is 10.5 Å². The molecular weight excluding hydrogens is 475 g/mol. The van der Waals surface area contributed by atoms with Crippen molar-refractivity contribution in [2.45, 2.75) is 6.92 Å². The molecule has 6 nitrogen and oxygen atoms in total. The number of carbonyl (C=O) groups excluding carboxylic acids is 2. The molecule has 0 atom stereocenters. The van der Waals surface area contributed by atoms with Gasteiger partial charge in [-0.3, -0.25) is 4.79 Å². The van der Waals surface area contributed by atoms with Gasteiger partial charge in [0.05, 0.1) is 28.4 Å². The van der Waals surface area contributed by atoms with Crippen LogP contribution in [0.4, 0.5) is 0 Å². The number of rotatable bonds is 7. The van der Waals surface area contributed by atoms with E-state index in [0.717, 1.165) is 0 Å². The summed E-state index contributed by atoms with van der Waals surface area (Å²) in [6, 6.07) is 15.8. The highest BCUT2D eigenvalue weighted by Crippen LogP contribution is 2.29. The Balaban J connectivity index is 1.70. The summed E-state index contributed by atoms with van der Waals surface area (Å²) in [6.07, 6.45) is 1.43. The monoisotopic (exact) mass is 490 g/mol. The molecule has 0 spiro atoms. The van der Waals surface area contributed by atoms with Crippen molar-refractivity contribution in [3.05, 3.63) is 92.4 Å². The molecule has 3 aromatic rings. The van der Waals surface area contributed by atoms with Crippen LogP contribution in [0.2, 0.25) is 15.1 Å². The summed E-state index contributed by atoms with van der Waals surface area (Å²) in [5.74, 6) is -0.380. The fraction of sp³-hybridized carbons (Fsp3) is 0.0870. The number of hydrogen-bond donors (Lipinski definition) is 1. The van der Waals surface area contributed by atoms with Crippen LogP contribution in [0.1, 0.15) is 33.2 Å². The molecule has 0 saturated carbocycles. The minimum absolute atomic E-state index is 0.254. The van der Waals surface area contributed by atoms with Gasteiger partial charge in [0.25, 0.3) is 5.91 Å². The SMILES string of the molecule is CCOc1cc(C=NNC(=O)c2ccc(Cl)c(Cl)c2)ccc1OC(=O)c1ccc(Cl)cc1. The van der Waals surface area contributed by atoms with Crippen molar-refractivity contribution < 1.29 is 19.1 Å². The Bertz CT molecular complexity index is 1160. The van der Waals surface area contributed by atoms with Crippen molar-refractivity contribution in [2.75, 3.05) is 6.61 Å². The van der Waals surface area contributed by atoms with E-state index in [-0.39, 0.29) is 10.8 Å². The lowest BCUT2D eigenvalue weighted by Crippen LogP contribution is -2.17. The van der Waals surface area contributed by atoms with Gasteiger partial charge >= 0.3 is 5.97 Å². The van der Waals surface area contributed by atoms with Gasteiger partial charge < -0.3 is 9.47 Å². The number of hydrazone groups is 1. The summed E-state index contributed by atoms with van der Waals surface area (Å²) in [4.78, 5) is 24.6. The van der Waals surface area contributed by atoms with Gasteiger partial charge in [0.15, 0.2) is 11.5 Å². The van der Waals surface area contributed by atoms with Crippen LogP contribution in [0.25, 0.3) is 0 Å². The number of hydrogen-bond acceptors (Lipinski definition) is 5. The van der Waals surface area contributed by atoms with Crippen LogP contribution in [-0.2, 0) is 0 Å². The van der Waals surface area contributed by atoms with E-state index in [9.17, 15) is 9.59 Å². The minimum Gasteiger partial charge on any atom is -0.490 e. The minimum atomic E-state index is -0.544. The molecule has 0 aliphatic rings. The molecule has 164 valence electrons. The lowest BCUT2D eigenvalue weighted by Gasteiger charge is -2.11. The molecule has 0 bridgehead atoms. The van der Waals surface area contributed by atoms with Gasteiger partial charge in [0.1, 0.15) is 0 Å². The molecule has 0 radical (unpaired) electrons. The lowest BCUT2D eigenvalue weighted by atomic mass is 10.2. The molecular formula is C23H17Cl3N2O4. The first-order valence-corrected chi connectivity index (χ1v) is 10.5. The molecule has 1 N–H and O–H groups in total. The van der Waals surface area contributed by atoms with Crippen LogP contribution in [0.3, 0.4) is 0 Å². The van der Waals surface area contributed by atoms with Crippen LogP contribution in [0.5, 0.6) is 11.5 Å². The third kappa shape index (κ3) is 6.23. The third-order valence-electron chi connectivity index (χ3n) is 4.11. The number of amides is 1. The van der Waals surface area contributed by atoms with Crippen LogP contribution in [0.15, 0.2) is 65.8 Å². The predicted molar refractivity (Wildman–Crippen MR) is 126 cm³/mol. The molecule has 0 saturated heterocycles. The molecule has 0 heterocycles. The summed E-state index contributed by atoms with van der Waals surface area (Å²) in [5, 5.41) is 5.09. The van der Waals surface area contributed by atoms with Crippen molar-refractivity contribution >= 4 is 52.9 Å². The molecule has 0 aliphatic carbocycles. The zero-order chi connectivity index (χ0) is 23.1. The zero-order valence-corrected chi connectivity index (χ0v) is 19.0. The number of nitrogens with zero attached hydrogens (tertiary/aromatic N) is 1. The molecule has 3 aromatic carbocycles. The first-order valence-electron chi connectivity index (χ1n) is 9.40. The van der Waals surface area contributed by atoms with E-state index in [4.69, 9.17) is 44.3 Å². The summed E-state index contributed by atoms with van der Waals surface area (Å²) in [6.45, 7) is 2.17. The fourth-order valence-electron chi connectivity index (χ4n) is 2.57. The number of benzene rings is 3. The summed E-state index contributed by atoms with van der Waals surface area (Å²) < 4.78 is 11.0. The normalized spacial score (nSPS) is 10.8. The van der Waals surface area contributed by atoms with Crippen molar-refractivity contribution in [3.63, 3.8) is 0 Å². The van der Waals surface area contributed by atoms with Gasteiger partial charge in [-0.1, -0.05) is 34.8 Å². The number of halogens is 3. The van der Waals surface area contributed by atoms with Gasteiger partial charge in [-0.25, -0.2) is 10.2 Å². The van der Waals surface area contributed by atoms with Crippen molar-refractivity contribution in [3.8, 4) is 11.5 Å². The standard InChI is InChI=1S/C23H17Cl3N2O4/c1-2-31-21-11-14(13-27-28-22(29)16-6-9-18(25)19(26)12-16)3-10-20(21)32-23(30)15-4-7-17(24)8-5-15/h3-13H,2H2,1H3,(H,28,29). The Morgan fingerprint density at radius 3 is 2.31 bits per heavy atom. The quantitative estimate of drug-likeness (QED) is 0.189. The van der Waals surface area contributed by atoms with Gasteiger partial charge in [0.2, 0.25) is 0 Å². The van der Waals surface area contributed by atoms with E-state index in [1.54, 1.807) is 42.5 Å². The Hall–Kier alpha value is -3.06. The summed E-state index contributed by atoms with van der Waals surface area (Å²) >= 11 is 17.6. The Morgan fingerprint density at radius 2 is 1.62 bits per heavy atom. The van der Waals surface area contributed by atoms with Crippen LogP contribution < -0.4 is 14.9 Å². The topological polar surface area (TPSA) is 77.0 Å². The molecule has 0 unspecified atom stereocenters. The Morgan fingerprint density at radius 1 is 0.906 bits per heavy atom. The van der Waals surface area contributed by atoms with Crippen LogP contribution >= 0.6 is 34.8 Å². The maximum Gasteiger partial charge on any atom is 0.343 e. The van der Waals surface area contributed by atoms with Gasteiger partial charge in [0, 0.05) is 10.6 Å². The fourth-order valence-corrected chi connectivity index (χ4v) is 2.99. The molecule has 0 fully saturated rings. The highest BCUT2D eigenvalue weighted by Gasteiger charge is 2.13. The molecule has 32 heavy (non-hydrogen) atoms. The first-order chi connectivity index (χ1) is 15.4. The Labute approximate surface area is 199 Å². The smallest absolute Gasteiger partial charge is 0.343 e. The highest BCUT2D eigenvalue weighted by atomic mass is 35.5. The molecule has 3 rings (SSSR count). The van der Waals surface area contributed by atoms with Gasteiger partial charge in [-0.2, -0.15) is 5.10 Å². The maximum atomic E-state index is 12.4. The second-order valence-electron chi connectivity index (χ2n) is 6.36.